The van der Waals surface area contributed by atoms with E-state index in [9.17, 15) is 14.9 Å². The van der Waals surface area contributed by atoms with Crippen LogP contribution in [0, 0.1) is 10.1 Å². The summed E-state index contributed by atoms with van der Waals surface area (Å²) in [5, 5.41) is 15.2. The Labute approximate surface area is 134 Å². The Hall–Kier alpha value is -1.68. The fraction of sp³-hybridized carbons (Fsp3) is 0.583. The Morgan fingerprint density at radius 3 is 2.82 bits per heavy atom. The number of nitrogens with zero attached hydrogens (tertiary/aromatic N) is 4. The predicted molar refractivity (Wildman–Crippen MR) is 85.2 cm³/mol. The molecule has 0 unspecified atom stereocenters. The highest BCUT2D eigenvalue weighted by Crippen LogP contribution is 2.29. The highest BCUT2D eigenvalue weighted by atomic mass is 32.2. The number of thioether (sulfide) groups is 1. The zero-order valence-electron chi connectivity index (χ0n) is 12.3. The predicted octanol–water partition coefficient (Wildman–Crippen LogP) is 2.74. The van der Waals surface area contributed by atoms with Gasteiger partial charge in [-0.05, 0) is 6.42 Å². The van der Waals surface area contributed by atoms with Crippen LogP contribution in [0.1, 0.15) is 32.6 Å². The first-order valence-electron chi connectivity index (χ1n) is 6.83. The molecule has 0 radical (unpaired) electrons. The highest BCUT2D eigenvalue weighted by Gasteiger charge is 2.26. The van der Waals surface area contributed by atoms with Crippen LogP contribution in [-0.2, 0) is 0 Å². The molecule has 2 rings (SSSR count). The summed E-state index contributed by atoms with van der Waals surface area (Å²) >= 11 is 2.78. The number of hydrogen-bond acceptors (Lipinski definition) is 8. The van der Waals surface area contributed by atoms with Gasteiger partial charge < -0.3 is 4.74 Å². The minimum Gasteiger partial charge on any atom is -0.476 e. The number of methoxy groups -OCH3 is 1. The van der Waals surface area contributed by atoms with Crippen LogP contribution in [0.2, 0.25) is 0 Å². The monoisotopic (exact) mass is 344 g/mol. The molecule has 0 amide bonds. The largest absolute Gasteiger partial charge is 0.476 e. The number of aromatic nitrogens is 3. The summed E-state index contributed by atoms with van der Waals surface area (Å²) in [6.07, 6.45) is 4.63. The second-order valence-electron chi connectivity index (χ2n) is 4.50. The summed E-state index contributed by atoms with van der Waals surface area (Å²) < 4.78 is 6.92. The first kappa shape index (κ1) is 16.7. The smallest absolute Gasteiger partial charge is 0.397 e. The third-order valence-corrected chi connectivity index (χ3v) is 5.06. The number of unbranched alkanes of at least 4 members (excludes halogenated alkanes) is 3. The van der Waals surface area contributed by atoms with E-state index in [4.69, 9.17) is 4.74 Å². The molecular formula is C12H16N4O4S2. The van der Waals surface area contributed by atoms with Crippen molar-refractivity contribution in [2.75, 3.05) is 12.9 Å². The first-order chi connectivity index (χ1) is 10.6. The second-order valence-corrected chi connectivity index (χ2v) is 6.80. The van der Waals surface area contributed by atoms with Gasteiger partial charge in [0.15, 0.2) is 4.34 Å². The van der Waals surface area contributed by atoms with Crippen molar-refractivity contribution in [3.63, 3.8) is 0 Å². The van der Waals surface area contributed by atoms with Gasteiger partial charge in [0.2, 0.25) is 4.96 Å². The van der Waals surface area contributed by atoms with Crippen LogP contribution in [0.25, 0.3) is 4.96 Å². The summed E-state index contributed by atoms with van der Waals surface area (Å²) in [5.41, 5.74) is -1.60. The Morgan fingerprint density at radius 2 is 2.18 bits per heavy atom. The van der Waals surface area contributed by atoms with E-state index in [0.717, 1.165) is 12.2 Å². The van der Waals surface area contributed by atoms with Gasteiger partial charge in [-0.25, -0.2) is 0 Å². The molecule has 0 saturated carbocycles. The molecule has 0 spiro atoms. The van der Waals surface area contributed by atoms with Crippen LogP contribution in [0.4, 0.5) is 5.69 Å². The molecule has 0 aromatic carbocycles. The Morgan fingerprint density at radius 1 is 1.41 bits per heavy atom. The molecule has 2 aromatic rings. The van der Waals surface area contributed by atoms with E-state index in [1.165, 1.54) is 42.2 Å². The molecule has 0 saturated heterocycles. The maximum Gasteiger partial charge on any atom is 0.397 e. The maximum absolute atomic E-state index is 11.7. The molecule has 0 aliphatic rings. The van der Waals surface area contributed by atoms with E-state index in [1.54, 1.807) is 11.8 Å². The summed E-state index contributed by atoms with van der Waals surface area (Å²) in [7, 11) is 1.27. The summed E-state index contributed by atoms with van der Waals surface area (Å²) in [4.78, 5) is 25.9. The Kier molecular flexibility index (Phi) is 5.72. The van der Waals surface area contributed by atoms with E-state index in [0.29, 0.717) is 9.30 Å². The molecule has 0 bridgehead atoms. The number of hydrogen-bond donors (Lipinski definition) is 0. The average Bonchev–Trinajstić information content (AvgIpc) is 2.87. The van der Waals surface area contributed by atoms with Gasteiger partial charge in [-0.15, -0.1) is 5.10 Å². The van der Waals surface area contributed by atoms with E-state index in [-0.39, 0.29) is 5.88 Å². The lowest BCUT2D eigenvalue weighted by atomic mass is 10.2. The minimum atomic E-state index is -0.912. The number of ether oxygens (including phenoxy) is 1. The van der Waals surface area contributed by atoms with Crippen molar-refractivity contribution < 1.29 is 9.66 Å². The summed E-state index contributed by atoms with van der Waals surface area (Å²) in [6.45, 7) is 2.16. The lowest BCUT2D eigenvalue weighted by Crippen LogP contribution is -2.16. The molecule has 8 nitrogen and oxygen atoms in total. The molecule has 0 aliphatic heterocycles. The molecule has 0 atom stereocenters. The van der Waals surface area contributed by atoms with Crippen LogP contribution < -0.4 is 10.3 Å². The Bertz CT molecular complexity index is 728. The van der Waals surface area contributed by atoms with Gasteiger partial charge in [-0.2, -0.15) is 9.50 Å². The van der Waals surface area contributed by atoms with E-state index < -0.39 is 16.2 Å². The van der Waals surface area contributed by atoms with Crippen LogP contribution in [0.15, 0.2) is 9.13 Å². The Balaban J connectivity index is 2.26. The van der Waals surface area contributed by atoms with Gasteiger partial charge in [-0.1, -0.05) is 49.3 Å². The third kappa shape index (κ3) is 3.55. The number of fused-ring (bicyclic) bond motifs is 1. The van der Waals surface area contributed by atoms with Crippen molar-refractivity contribution in [3.8, 4) is 5.88 Å². The van der Waals surface area contributed by atoms with Crippen molar-refractivity contribution in [1.29, 1.82) is 0 Å². The van der Waals surface area contributed by atoms with Crippen LogP contribution in [0.5, 0.6) is 5.88 Å². The van der Waals surface area contributed by atoms with Gasteiger partial charge in [0, 0.05) is 5.75 Å². The fourth-order valence-corrected chi connectivity index (χ4v) is 3.88. The van der Waals surface area contributed by atoms with Crippen LogP contribution in [-0.4, -0.2) is 32.4 Å². The molecular weight excluding hydrogens is 328 g/mol. The zero-order valence-corrected chi connectivity index (χ0v) is 13.9. The standard InChI is InChI=1S/C12H16N4O4S2/c1-3-4-5-6-7-21-12-14-15-10(20-2)8(16(18)19)9(17)13-11(15)22-12/h3-7H2,1-2H3. The third-order valence-electron chi connectivity index (χ3n) is 2.94. The van der Waals surface area contributed by atoms with E-state index >= 15 is 0 Å². The number of nitro groups is 1. The average molecular weight is 344 g/mol. The van der Waals surface area contributed by atoms with Crippen molar-refractivity contribution in [3.05, 3.63) is 20.5 Å². The molecule has 22 heavy (non-hydrogen) atoms. The quantitative estimate of drug-likeness (QED) is 0.314. The van der Waals surface area contributed by atoms with Crippen molar-refractivity contribution in [2.45, 2.75) is 36.9 Å². The van der Waals surface area contributed by atoms with Gasteiger partial charge >= 0.3 is 17.1 Å². The molecule has 10 heteroatoms. The summed E-state index contributed by atoms with van der Waals surface area (Å²) in [6, 6.07) is 0. The van der Waals surface area contributed by atoms with Gasteiger partial charge in [0.05, 0.1) is 12.0 Å². The molecule has 120 valence electrons. The SMILES string of the molecule is CCCCCCSc1nn2c(OC)c([N+](=O)[O-])c(=O)nc2s1. The van der Waals surface area contributed by atoms with Crippen LogP contribution >= 0.6 is 23.1 Å². The van der Waals surface area contributed by atoms with Crippen molar-refractivity contribution in [1.82, 2.24) is 14.6 Å². The molecule has 0 aliphatic carbocycles. The highest BCUT2D eigenvalue weighted by molar-refractivity contribution is 8.01. The van der Waals surface area contributed by atoms with Crippen LogP contribution in [0.3, 0.4) is 0 Å². The number of rotatable bonds is 8. The van der Waals surface area contributed by atoms with E-state index in [2.05, 4.69) is 17.0 Å². The normalized spacial score (nSPS) is 11.0. The maximum atomic E-state index is 11.7. The van der Waals surface area contributed by atoms with Gasteiger partial charge in [-0.3, -0.25) is 14.9 Å². The van der Waals surface area contributed by atoms with Crippen molar-refractivity contribution >= 4 is 33.7 Å². The lowest BCUT2D eigenvalue weighted by molar-refractivity contribution is -0.387. The molecule has 2 aromatic heterocycles. The summed E-state index contributed by atoms with van der Waals surface area (Å²) in [5.74, 6) is 0.726. The van der Waals surface area contributed by atoms with Crippen molar-refractivity contribution in [2.24, 2.45) is 0 Å². The zero-order chi connectivity index (χ0) is 16.1. The first-order valence-corrected chi connectivity index (χ1v) is 8.63. The van der Waals surface area contributed by atoms with Gasteiger partial charge in [0.1, 0.15) is 0 Å². The molecule has 0 N–H and O–H groups in total. The molecule has 0 fully saturated rings. The van der Waals surface area contributed by atoms with Gasteiger partial charge in [0.25, 0.3) is 0 Å². The minimum absolute atomic E-state index is 0.186. The molecule has 2 heterocycles. The topological polar surface area (TPSA) is 99.6 Å². The second kappa shape index (κ2) is 7.54. The fourth-order valence-electron chi connectivity index (χ4n) is 1.89. The lowest BCUT2D eigenvalue weighted by Gasteiger charge is -2.01. The van der Waals surface area contributed by atoms with E-state index in [1.807, 2.05) is 0 Å².